The van der Waals surface area contributed by atoms with Crippen molar-refractivity contribution in [2.45, 2.75) is 25.4 Å². The molecule has 0 spiro atoms. The van der Waals surface area contributed by atoms with Crippen LogP contribution in [0, 0.1) is 0 Å². The van der Waals surface area contributed by atoms with Crippen molar-refractivity contribution >= 4 is 28.8 Å². The monoisotopic (exact) mass is 329 g/mol. The molecule has 0 saturated heterocycles. The van der Waals surface area contributed by atoms with Crippen molar-refractivity contribution in [1.82, 2.24) is 10.6 Å². The van der Waals surface area contributed by atoms with Gasteiger partial charge in [0.25, 0.3) is 5.91 Å². The molecule has 5 nitrogen and oxygen atoms in total. The van der Waals surface area contributed by atoms with Gasteiger partial charge in [-0.15, -0.1) is 11.3 Å². The molecule has 1 saturated carbocycles. The van der Waals surface area contributed by atoms with Crippen LogP contribution in [0.15, 0.2) is 41.8 Å². The molecular weight excluding hydrogens is 310 g/mol. The Morgan fingerprint density at radius 1 is 1.13 bits per heavy atom. The van der Waals surface area contributed by atoms with Crippen molar-refractivity contribution in [3.05, 3.63) is 52.2 Å². The van der Waals surface area contributed by atoms with E-state index in [0.29, 0.717) is 23.8 Å². The number of benzene rings is 1. The van der Waals surface area contributed by atoms with E-state index in [1.807, 2.05) is 35.7 Å². The first kappa shape index (κ1) is 15.6. The molecule has 2 aromatic rings. The standard InChI is InChI=1S/C17H19N3O2S/c21-16(19-10-13-4-3-9-23-13)11-18-15-6-2-1-5-14(15)17(22)20-12-7-8-12/h1-6,9,12,18H,7-8,10-11H2,(H,19,21)(H,20,22). The van der Waals surface area contributed by atoms with E-state index < -0.39 is 0 Å². The smallest absolute Gasteiger partial charge is 0.253 e. The Hall–Kier alpha value is -2.34. The van der Waals surface area contributed by atoms with Gasteiger partial charge in [0, 0.05) is 16.6 Å². The maximum Gasteiger partial charge on any atom is 0.253 e. The van der Waals surface area contributed by atoms with E-state index in [0.717, 1.165) is 17.7 Å². The van der Waals surface area contributed by atoms with Gasteiger partial charge in [0.1, 0.15) is 0 Å². The van der Waals surface area contributed by atoms with Gasteiger partial charge in [0.05, 0.1) is 18.7 Å². The average Bonchev–Trinajstić information content (AvgIpc) is 3.22. The van der Waals surface area contributed by atoms with E-state index in [-0.39, 0.29) is 18.4 Å². The highest BCUT2D eigenvalue weighted by atomic mass is 32.1. The van der Waals surface area contributed by atoms with Crippen LogP contribution < -0.4 is 16.0 Å². The van der Waals surface area contributed by atoms with Crippen LogP contribution in [0.4, 0.5) is 5.69 Å². The molecule has 6 heteroatoms. The molecule has 3 rings (SSSR count). The minimum Gasteiger partial charge on any atom is -0.376 e. The Morgan fingerprint density at radius 2 is 1.96 bits per heavy atom. The zero-order chi connectivity index (χ0) is 16.1. The molecule has 1 aromatic heterocycles. The summed E-state index contributed by atoms with van der Waals surface area (Å²) in [5.74, 6) is -0.189. The molecule has 0 unspecified atom stereocenters. The fourth-order valence-electron chi connectivity index (χ4n) is 2.16. The van der Waals surface area contributed by atoms with Crippen LogP contribution in [-0.2, 0) is 11.3 Å². The molecule has 120 valence electrons. The number of anilines is 1. The van der Waals surface area contributed by atoms with E-state index in [2.05, 4.69) is 16.0 Å². The molecule has 23 heavy (non-hydrogen) atoms. The highest BCUT2D eigenvalue weighted by Gasteiger charge is 2.24. The van der Waals surface area contributed by atoms with Crippen LogP contribution >= 0.6 is 11.3 Å². The summed E-state index contributed by atoms with van der Waals surface area (Å²) in [4.78, 5) is 25.2. The van der Waals surface area contributed by atoms with Gasteiger partial charge in [-0.05, 0) is 36.4 Å². The molecule has 0 bridgehead atoms. The predicted octanol–water partition coefficient (Wildman–Crippen LogP) is 2.37. The second kappa shape index (κ2) is 7.28. The fraction of sp³-hybridized carbons (Fsp3) is 0.294. The van der Waals surface area contributed by atoms with Crippen LogP contribution in [-0.4, -0.2) is 24.4 Å². The van der Waals surface area contributed by atoms with Gasteiger partial charge in [0.2, 0.25) is 5.91 Å². The molecule has 0 atom stereocenters. The summed E-state index contributed by atoms with van der Waals surface area (Å²) in [6.07, 6.45) is 2.10. The van der Waals surface area contributed by atoms with E-state index in [4.69, 9.17) is 0 Å². The van der Waals surface area contributed by atoms with E-state index >= 15 is 0 Å². The number of carbonyl (C=O) groups excluding carboxylic acids is 2. The van der Waals surface area contributed by atoms with Gasteiger partial charge in [0.15, 0.2) is 0 Å². The number of nitrogens with one attached hydrogen (secondary N) is 3. The van der Waals surface area contributed by atoms with Crippen molar-refractivity contribution in [3.8, 4) is 0 Å². The molecule has 1 aromatic carbocycles. The Kier molecular flexibility index (Phi) is 4.92. The third-order valence-electron chi connectivity index (χ3n) is 3.56. The van der Waals surface area contributed by atoms with E-state index in [9.17, 15) is 9.59 Å². The minimum atomic E-state index is -0.101. The minimum absolute atomic E-state index is 0.0883. The van der Waals surface area contributed by atoms with E-state index in [1.54, 1.807) is 17.4 Å². The average molecular weight is 329 g/mol. The lowest BCUT2D eigenvalue weighted by Crippen LogP contribution is -2.30. The van der Waals surface area contributed by atoms with Crippen molar-refractivity contribution in [2.75, 3.05) is 11.9 Å². The second-order valence-electron chi connectivity index (χ2n) is 5.50. The van der Waals surface area contributed by atoms with Crippen LogP contribution in [0.1, 0.15) is 28.1 Å². The first-order valence-corrected chi connectivity index (χ1v) is 8.53. The topological polar surface area (TPSA) is 70.2 Å². The zero-order valence-corrected chi connectivity index (χ0v) is 13.5. The Balaban J connectivity index is 1.52. The van der Waals surface area contributed by atoms with Crippen molar-refractivity contribution in [1.29, 1.82) is 0 Å². The van der Waals surface area contributed by atoms with Crippen molar-refractivity contribution in [2.24, 2.45) is 0 Å². The summed E-state index contributed by atoms with van der Waals surface area (Å²) in [5.41, 5.74) is 1.25. The van der Waals surface area contributed by atoms with E-state index in [1.165, 1.54) is 0 Å². The van der Waals surface area contributed by atoms with Gasteiger partial charge >= 0.3 is 0 Å². The first-order chi connectivity index (χ1) is 11.2. The van der Waals surface area contributed by atoms with Crippen molar-refractivity contribution < 1.29 is 9.59 Å². The largest absolute Gasteiger partial charge is 0.376 e. The summed E-state index contributed by atoms with van der Waals surface area (Å²) in [5, 5.41) is 10.8. The quantitative estimate of drug-likeness (QED) is 0.730. The number of para-hydroxylation sites is 1. The van der Waals surface area contributed by atoms with Crippen LogP contribution in [0.25, 0.3) is 0 Å². The molecule has 0 aliphatic heterocycles. The molecular formula is C17H19N3O2S. The SMILES string of the molecule is O=C(CNc1ccccc1C(=O)NC1CC1)NCc1cccs1. The second-order valence-corrected chi connectivity index (χ2v) is 6.54. The molecule has 1 aliphatic carbocycles. The summed E-state index contributed by atoms with van der Waals surface area (Å²) in [6, 6.07) is 11.5. The maximum atomic E-state index is 12.2. The summed E-state index contributed by atoms with van der Waals surface area (Å²) < 4.78 is 0. The maximum absolute atomic E-state index is 12.2. The van der Waals surface area contributed by atoms with Crippen LogP contribution in [0.5, 0.6) is 0 Å². The van der Waals surface area contributed by atoms with Crippen molar-refractivity contribution in [3.63, 3.8) is 0 Å². The molecule has 1 fully saturated rings. The number of thiophene rings is 1. The molecule has 1 heterocycles. The number of rotatable bonds is 7. The highest BCUT2D eigenvalue weighted by Crippen LogP contribution is 2.21. The summed E-state index contributed by atoms with van der Waals surface area (Å²) in [7, 11) is 0. The van der Waals surface area contributed by atoms with Crippen LogP contribution in [0.2, 0.25) is 0 Å². The third kappa shape index (κ3) is 4.56. The lowest BCUT2D eigenvalue weighted by atomic mass is 10.1. The molecule has 3 N–H and O–H groups in total. The summed E-state index contributed by atoms with van der Waals surface area (Å²) in [6.45, 7) is 0.668. The summed E-state index contributed by atoms with van der Waals surface area (Å²) >= 11 is 1.61. The number of amides is 2. The molecule has 0 radical (unpaired) electrons. The van der Waals surface area contributed by atoms with Crippen LogP contribution in [0.3, 0.4) is 0 Å². The van der Waals surface area contributed by atoms with Gasteiger partial charge in [-0.25, -0.2) is 0 Å². The number of hydrogen-bond acceptors (Lipinski definition) is 4. The lowest BCUT2D eigenvalue weighted by Gasteiger charge is -2.12. The van der Waals surface area contributed by atoms with Gasteiger partial charge in [-0.3, -0.25) is 9.59 Å². The fourth-order valence-corrected chi connectivity index (χ4v) is 2.81. The Morgan fingerprint density at radius 3 is 2.70 bits per heavy atom. The van der Waals surface area contributed by atoms with Gasteiger partial charge in [-0.2, -0.15) is 0 Å². The first-order valence-electron chi connectivity index (χ1n) is 7.65. The number of hydrogen-bond donors (Lipinski definition) is 3. The molecule has 2 amide bonds. The molecule has 1 aliphatic rings. The highest BCUT2D eigenvalue weighted by molar-refractivity contribution is 7.09. The predicted molar refractivity (Wildman–Crippen MR) is 91.6 cm³/mol. The van der Waals surface area contributed by atoms with Gasteiger partial charge < -0.3 is 16.0 Å². The van der Waals surface area contributed by atoms with Gasteiger partial charge in [-0.1, -0.05) is 18.2 Å². The normalized spacial score (nSPS) is 13.4. The zero-order valence-electron chi connectivity index (χ0n) is 12.7. The Labute approximate surface area is 139 Å². The third-order valence-corrected chi connectivity index (χ3v) is 4.44. The number of carbonyl (C=O) groups is 2. The lowest BCUT2D eigenvalue weighted by molar-refractivity contribution is -0.119. The Bertz CT molecular complexity index is 681.